The zero-order valence-corrected chi connectivity index (χ0v) is 16.0. The van der Waals surface area contributed by atoms with Gasteiger partial charge in [0.1, 0.15) is 6.61 Å². The number of carbonyl (C=O) groups is 2. The van der Waals surface area contributed by atoms with Gasteiger partial charge in [-0.3, -0.25) is 4.79 Å². The molecule has 0 N–H and O–H groups in total. The molecule has 1 aliphatic carbocycles. The van der Waals surface area contributed by atoms with Crippen molar-refractivity contribution in [1.29, 1.82) is 0 Å². The average molecular weight is 375 g/mol. The van der Waals surface area contributed by atoms with Crippen molar-refractivity contribution in [2.75, 3.05) is 20.2 Å². The van der Waals surface area contributed by atoms with E-state index in [1.807, 2.05) is 30.3 Å². The fourth-order valence-electron chi connectivity index (χ4n) is 3.86. The van der Waals surface area contributed by atoms with Crippen molar-refractivity contribution in [3.63, 3.8) is 0 Å². The molecule has 3 rings (SSSR count). The van der Waals surface area contributed by atoms with Crippen LogP contribution in [0.2, 0.25) is 0 Å². The lowest BCUT2D eigenvalue weighted by atomic mass is 9.87. The number of hydrogen-bond donors (Lipinski definition) is 0. The van der Waals surface area contributed by atoms with Crippen LogP contribution in [0.4, 0.5) is 4.79 Å². The maximum atomic E-state index is 12.2. The summed E-state index contributed by atoms with van der Waals surface area (Å²) in [5.41, 5.74) is 0.992. The van der Waals surface area contributed by atoms with Crippen molar-refractivity contribution in [3.8, 4) is 0 Å². The molecule has 6 nitrogen and oxygen atoms in total. The Labute approximate surface area is 160 Å². The van der Waals surface area contributed by atoms with Gasteiger partial charge in [-0.05, 0) is 44.1 Å². The number of carbonyl (C=O) groups excluding carboxylic acids is 2. The highest BCUT2D eigenvalue weighted by atomic mass is 16.6. The Balaban J connectivity index is 1.34. The third-order valence-corrected chi connectivity index (χ3v) is 5.50. The number of esters is 1. The molecule has 1 aliphatic heterocycles. The first-order valence-electron chi connectivity index (χ1n) is 9.84. The molecule has 1 aromatic rings. The zero-order valence-electron chi connectivity index (χ0n) is 16.0. The third-order valence-electron chi connectivity index (χ3n) is 5.50. The molecule has 0 atom stereocenters. The van der Waals surface area contributed by atoms with Crippen molar-refractivity contribution in [3.05, 3.63) is 35.9 Å². The smallest absolute Gasteiger partial charge is 0.410 e. The van der Waals surface area contributed by atoms with Gasteiger partial charge in [-0.25, -0.2) is 4.79 Å². The fourth-order valence-corrected chi connectivity index (χ4v) is 3.86. The second-order valence-corrected chi connectivity index (χ2v) is 7.36. The molecular formula is C21H29NO5. The van der Waals surface area contributed by atoms with E-state index in [2.05, 4.69) is 0 Å². The number of piperidine rings is 1. The van der Waals surface area contributed by atoms with Crippen LogP contribution in [0.3, 0.4) is 0 Å². The fraction of sp³-hybridized carbons (Fsp3) is 0.619. The van der Waals surface area contributed by atoms with E-state index in [9.17, 15) is 9.59 Å². The Morgan fingerprint density at radius 1 is 0.963 bits per heavy atom. The van der Waals surface area contributed by atoms with Gasteiger partial charge in [0.05, 0.1) is 25.2 Å². The normalized spacial score (nSPS) is 23.7. The summed E-state index contributed by atoms with van der Waals surface area (Å²) >= 11 is 0. The minimum Gasteiger partial charge on any atom is -0.469 e. The molecule has 2 aliphatic rings. The minimum atomic E-state index is -0.254. The van der Waals surface area contributed by atoms with Gasteiger partial charge >= 0.3 is 12.1 Å². The summed E-state index contributed by atoms with van der Waals surface area (Å²) in [6, 6.07) is 9.71. The molecule has 2 fully saturated rings. The van der Waals surface area contributed by atoms with Crippen LogP contribution in [-0.2, 0) is 25.6 Å². The van der Waals surface area contributed by atoms with Crippen LogP contribution in [-0.4, -0.2) is 49.4 Å². The van der Waals surface area contributed by atoms with Gasteiger partial charge in [-0.1, -0.05) is 30.3 Å². The SMILES string of the molecule is COC(=O)C1CCC(OC2CCN(C(=O)OCc3ccccc3)CC2)CC1. The molecule has 1 saturated heterocycles. The van der Waals surface area contributed by atoms with Gasteiger partial charge in [-0.15, -0.1) is 0 Å². The summed E-state index contributed by atoms with van der Waals surface area (Å²) in [4.78, 5) is 25.6. The maximum absolute atomic E-state index is 12.2. The predicted octanol–water partition coefficient (Wildman–Crippen LogP) is 3.54. The van der Waals surface area contributed by atoms with Gasteiger partial charge in [0.15, 0.2) is 0 Å². The van der Waals surface area contributed by atoms with E-state index in [1.165, 1.54) is 7.11 Å². The van der Waals surface area contributed by atoms with Crippen LogP contribution in [0.25, 0.3) is 0 Å². The van der Waals surface area contributed by atoms with Gasteiger partial charge in [0.25, 0.3) is 0 Å². The third kappa shape index (κ3) is 5.70. The van der Waals surface area contributed by atoms with Crippen LogP contribution in [0.15, 0.2) is 30.3 Å². The first-order valence-corrected chi connectivity index (χ1v) is 9.84. The lowest BCUT2D eigenvalue weighted by molar-refractivity contribution is -0.148. The summed E-state index contributed by atoms with van der Waals surface area (Å²) < 4.78 is 16.4. The molecule has 27 heavy (non-hydrogen) atoms. The molecule has 0 bridgehead atoms. The standard InChI is InChI=1S/C21H29NO5/c1-25-20(23)17-7-9-18(10-8-17)27-19-11-13-22(14-12-19)21(24)26-15-16-5-3-2-4-6-16/h2-6,17-19H,7-15H2,1H3. The zero-order chi connectivity index (χ0) is 19.1. The summed E-state index contributed by atoms with van der Waals surface area (Å²) in [6.45, 7) is 1.63. The van der Waals surface area contributed by atoms with Crippen LogP contribution < -0.4 is 0 Å². The highest BCUT2D eigenvalue weighted by Crippen LogP contribution is 2.29. The van der Waals surface area contributed by atoms with Gasteiger partial charge in [-0.2, -0.15) is 0 Å². The maximum Gasteiger partial charge on any atom is 0.410 e. The van der Waals surface area contributed by atoms with Crippen molar-refractivity contribution in [2.24, 2.45) is 5.92 Å². The molecule has 0 radical (unpaired) electrons. The second-order valence-electron chi connectivity index (χ2n) is 7.36. The Kier molecular flexibility index (Phi) is 7.10. The number of likely N-dealkylation sites (tertiary alicyclic amines) is 1. The van der Waals surface area contributed by atoms with E-state index in [0.29, 0.717) is 19.7 Å². The molecule has 1 aromatic carbocycles. The molecule has 0 unspecified atom stereocenters. The largest absolute Gasteiger partial charge is 0.469 e. The van der Waals surface area contributed by atoms with E-state index in [0.717, 1.165) is 44.1 Å². The number of ether oxygens (including phenoxy) is 3. The van der Waals surface area contributed by atoms with Crippen LogP contribution in [0.5, 0.6) is 0 Å². The van der Waals surface area contributed by atoms with E-state index < -0.39 is 0 Å². The molecular weight excluding hydrogens is 346 g/mol. The lowest BCUT2D eigenvalue weighted by Gasteiger charge is -2.35. The van der Waals surface area contributed by atoms with Crippen molar-refractivity contribution in [2.45, 2.75) is 57.3 Å². The van der Waals surface area contributed by atoms with Crippen molar-refractivity contribution in [1.82, 2.24) is 4.90 Å². The first-order chi connectivity index (χ1) is 13.2. The van der Waals surface area contributed by atoms with Crippen LogP contribution in [0, 0.1) is 5.92 Å². The highest BCUT2D eigenvalue weighted by molar-refractivity contribution is 5.72. The highest BCUT2D eigenvalue weighted by Gasteiger charge is 2.30. The number of benzene rings is 1. The molecule has 0 aromatic heterocycles. The molecule has 1 heterocycles. The summed E-state index contributed by atoms with van der Waals surface area (Å²) in [5, 5.41) is 0. The Hall–Kier alpha value is -2.08. The molecule has 148 valence electrons. The van der Waals surface area contributed by atoms with E-state index >= 15 is 0 Å². The quantitative estimate of drug-likeness (QED) is 0.737. The van der Waals surface area contributed by atoms with E-state index in [4.69, 9.17) is 14.2 Å². The van der Waals surface area contributed by atoms with Gasteiger partial charge in [0, 0.05) is 13.1 Å². The van der Waals surface area contributed by atoms with Crippen molar-refractivity contribution < 1.29 is 23.8 Å². The first kappa shape index (κ1) is 19.7. The van der Waals surface area contributed by atoms with E-state index in [-0.39, 0.29) is 30.2 Å². The summed E-state index contributed by atoms with van der Waals surface area (Å²) in [5.74, 6) is -0.0770. The van der Waals surface area contributed by atoms with Crippen LogP contribution in [0.1, 0.15) is 44.1 Å². The summed E-state index contributed by atoms with van der Waals surface area (Å²) in [6.07, 6.45) is 5.28. The minimum absolute atomic E-state index is 0.0242. The van der Waals surface area contributed by atoms with Crippen molar-refractivity contribution >= 4 is 12.1 Å². The molecule has 1 amide bonds. The monoisotopic (exact) mass is 375 g/mol. The Morgan fingerprint density at radius 3 is 2.22 bits per heavy atom. The number of amides is 1. The molecule has 6 heteroatoms. The predicted molar refractivity (Wildman–Crippen MR) is 100 cm³/mol. The number of rotatable bonds is 5. The number of hydrogen-bond acceptors (Lipinski definition) is 5. The molecule has 0 spiro atoms. The van der Waals surface area contributed by atoms with E-state index in [1.54, 1.807) is 4.90 Å². The second kappa shape index (κ2) is 9.74. The number of methoxy groups -OCH3 is 1. The topological polar surface area (TPSA) is 65.1 Å². The van der Waals surface area contributed by atoms with Gasteiger partial charge < -0.3 is 19.1 Å². The van der Waals surface area contributed by atoms with Gasteiger partial charge in [0.2, 0.25) is 0 Å². The average Bonchev–Trinajstić information content (AvgIpc) is 2.73. The van der Waals surface area contributed by atoms with Crippen LogP contribution >= 0.6 is 0 Å². The Bertz CT molecular complexity index is 604. The summed E-state index contributed by atoms with van der Waals surface area (Å²) in [7, 11) is 1.45. The Morgan fingerprint density at radius 2 is 1.59 bits per heavy atom. The number of nitrogens with zero attached hydrogens (tertiary/aromatic N) is 1. The molecule has 1 saturated carbocycles. The lowest BCUT2D eigenvalue weighted by Crippen LogP contribution is -2.42.